The molecule has 3 atom stereocenters. The lowest BCUT2D eigenvalue weighted by atomic mass is 9.92. The fraction of sp³-hybridized carbons (Fsp3) is 0.500. The number of benzene rings is 1. The Bertz CT molecular complexity index is 676. The van der Waals surface area contributed by atoms with Crippen molar-refractivity contribution in [1.82, 2.24) is 4.90 Å². The van der Waals surface area contributed by atoms with Crippen LogP contribution in [0.25, 0.3) is 0 Å². The molecule has 2 saturated heterocycles. The molecular weight excluding hydrogens is 374 g/mol. The molecule has 6 heteroatoms. The first-order valence-corrected chi connectivity index (χ1v) is 8.60. The lowest BCUT2D eigenvalue weighted by molar-refractivity contribution is -0.191. The Morgan fingerprint density at radius 3 is 2.67 bits per heavy atom. The molecule has 0 unspecified atom stereocenters. The number of ether oxygens (including phenoxy) is 3. The van der Waals surface area contributed by atoms with Crippen molar-refractivity contribution in [3.05, 3.63) is 34.3 Å². The SMILES string of the molecule is CO[C@H]1C(=O)N(CC#Cc2ccc(Br)cc2)[C@H]1[C@H]1COC(C)(C)O1. The highest BCUT2D eigenvalue weighted by atomic mass is 79.9. The van der Waals surface area contributed by atoms with E-state index in [-0.39, 0.29) is 18.1 Å². The van der Waals surface area contributed by atoms with E-state index in [4.69, 9.17) is 14.2 Å². The molecule has 1 aromatic rings. The van der Waals surface area contributed by atoms with E-state index in [1.54, 1.807) is 12.0 Å². The zero-order valence-electron chi connectivity index (χ0n) is 13.9. The minimum Gasteiger partial charge on any atom is -0.369 e. The smallest absolute Gasteiger partial charge is 0.255 e. The molecule has 24 heavy (non-hydrogen) atoms. The summed E-state index contributed by atoms with van der Waals surface area (Å²) in [5.41, 5.74) is 0.910. The van der Waals surface area contributed by atoms with Gasteiger partial charge >= 0.3 is 0 Å². The molecule has 0 aliphatic carbocycles. The Hall–Kier alpha value is -1.39. The van der Waals surface area contributed by atoms with E-state index < -0.39 is 11.9 Å². The lowest BCUT2D eigenvalue weighted by Gasteiger charge is -2.47. The van der Waals surface area contributed by atoms with Crippen molar-refractivity contribution in [3.63, 3.8) is 0 Å². The number of amides is 1. The third-order valence-electron chi connectivity index (χ3n) is 4.19. The molecule has 128 valence electrons. The summed E-state index contributed by atoms with van der Waals surface area (Å²) < 4.78 is 17.8. The number of likely N-dealkylation sites (tertiary alicyclic amines) is 1. The molecule has 0 radical (unpaired) electrons. The van der Waals surface area contributed by atoms with Crippen molar-refractivity contribution < 1.29 is 19.0 Å². The van der Waals surface area contributed by atoms with Gasteiger partial charge in [-0.3, -0.25) is 4.79 Å². The molecule has 2 fully saturated rings. The molecule has 2 aliphatic heterocycles. The van der Waals surface area contributed by atoms with Crippen LogP contribution < -0.4 is 0 Å². The molecule has 3 rings (SSSR count). The van der Waals surface area contributed by atoms with E-state index in [1.807, 2.05) is 38.1 Å². The number of rotatable bonds is 3. The highest BCUT2D eigenvalue weighted by Crippen LogP contribution is 2.33. The van der Waals surface area contributed by atoms with E-state index in [1.165, 1.54) is 0 Å². The predicted octanol–water partition coefficient (Wildman–Crippen LogP) is 2.18. The van der Waals surface area contributed by atoms with Crippen molar-refractivity contribution in [3.8, 4) is 11.8 Å². The van der Waals surface area contributed by atoms with Crippen LogP contribution >= 0.6 is 15.9 Å². The second-order valence-electron chi connectivity index (χ2n) is 6.29. The summed E-state index contributed by atoms with van der Waals surface area (Å²) in [5, 5.41) is 0. The number of carbonyl (C=O) groups is 1. The van der Waals surface area contributed by atoms with Crippen LogP contribution in [0.15, 0.2) is 28.7 Å². The van der Waals surface area contributed by atoms with Crippen LogP contribution in [0.5, 0.6) is 0 Å². The third-order valence-corrected chi connectivity index (χ3v) is 4.72. The van der Waals surface area contributed by atoms with Crippen LogP contribution in [0.3, 0.4) is 0 Å². The Kier molecular flexibility index (Phi) is 4.97. The molecule has 0 saturated carbocycles. The topological polar surface area (TPSA) is 48.0 Å². The summed E-state index contributed by atoms with van der Waals surface area (Å²) in [4.78, 5) is 13.9. The number of halogens is 1. The number of methoxy groups -OCH3 is 1. The molecule has 0 bridgehead atoms. The first kappa shape index (κ1) is 17.4. The number of nitrogens with zero attached hydrogens (tertiary/aromatic N) is 1. The average molecular weight is 394 g/mol. The molecule has 5 nitrogen and oxygen atoms in total. The summed E-state index contributed by atoms with van der Waals surface area (Å²) >= 11 is 3.39. The van der Waals surface area contributed by atoms with Gasteiger partial charge in [-0.1, -0.05) is 27.8 Å². The minimum absolute atomic E-state index is 0.0547. The molecular formula is C18H20BrNO4. The average Bonchev–Trinajstić information content (AvgIpc) is 2.90. The van der Waals surface area contributed by atoms with Crippen molar-refractivity contribution in [2.24, 2.45) is 0 Å². The number of carbonyl (C=O) groups excluding carboxylic acids is 1. The summed E-state index contributed by atoms with van der Waals surface area (Å²) in [6.45, 7) is 4.53. The number of hydrogen-bond acceptors (Lipinski definition) is 4. The number of β-lactam (4-membered cyclic amide) rings is 1. The molecule has 1 amide bonds. The number of hydrogen-bond donors (Lipinski definition) is 0. The van der Waals surface area contributed by atoms with Gasteiger partial charge in [0.05, 0.1) is 19.2 Å². The fourth-order valence-corrected chi connectivity index (χ4v) is 3.26. The molecule has 2 aliphatic rings. The molecule has 1 aromatic carbocycles. The second-order valence-corrected chi connectivity index (χ2v) is 7.20. The van der Waals surface area contributed by atoms with Gasteiger partial charge in [0.1, 0.15) is 6.10 Å². The van der Waals surface area contributed by atoms with Crippen molar-refractivity contribution in [2.45, 2.75) is 37.9 Å². The summed E-state index contributed by atoms with van der Waals surface area (Å²) in [6, 6.07) is 7.58. The quantitative estimate of drug-likeness (QED) is 0.583. The largest absolute Gasteiger partial charge is 0.369 e. The van der Waals surface area contributed by atoms with Crippen LogP contribution in [0.2, 0.25) is 0 Å². The van der Waals surface area contributed by atoms with E-state index in [2.05, 4.69) is 27.8 Å². The maximum atomic E-state index is 12.2. The first-order chi connectivity index (χ1) is 11.4. The van der Waals surface area contributed by atoms with Gasteiger partial charge in [0.25, 0.3) is 5.91 Å². The standard InChI is InChI=1S/C18H20BrNO4/c1-18(2)23-11-14(24-18)15-16(22-3)17(21)20(15)10-4-5-12-6-8-13(19)9-7-12/h6-9,14-16H,10-11H2,1-3H3/t14-,15+,16-/m1/s1. The van der Waals surface area contributed by atoms with Crippen LogP contribution in [-0.2, 0) is 19.0 Å². The zero-order valence-corrected chi connectivity index (χ0v) is 15.5. The molecule has 2 heterocycles. The van der Waals surface area contributed by atoms with Gasteiger partial charge in [0, 0.05) is 17.1 Å². The van der Waals surface area contributed by atoms with Gasteiger partial charge in [-0.05, 0) is 38.1 Å². The zero-order chi connectivity index (χ0) is 17.3. The van der Waals surface area contributed by atoms with Gasteiger partial charge in [0.15, 0.2) is 11.9 Å². The predicted molar refractivity (Wildman–Crippen MR) is 92.2 cm³/mol. The normalized spacial score (nSPS) is 28.2. The van der Waals surface area contributed by atoms with Gasteiger partial charge < -0.3 is 19.1 Å². The first-order valence-electron chi connectivity index (χ1n) is 7.81. The van der Waals surface area contributed by atoms with Crippen molar-refractivity contribution in [1.29, 1.82) is 0 Å². The van der Waals surface area contributed by atoms with Gasteiger partial charge in [0.2, 0.25) is 0 Å². The Labute approximate surface area is 150 Å². The Balaban J connectivity index is 1.67. The molecule has 0 aromatic heterocycles. The highest BCUT2D eigenvalue weighted by molar-refractivity contribution is 9.10. The molecule has 0 N–H and O–H groups in total. The maximum absolute atomic E-state index is 12.2. The van der Waals surface area contributed by atoms with E-state index in [0.717, 1.165) is 10.0 Å². The van der Waals surface area contributed by atoms with E-state index in [0.29, 0.717) is 13.2 Å². The second kappa shape index (κ2) is 6.85. The van der Waals surface area contributed by atoms with Crippen LogP contribution in [-0.4, -0.2) is 55.1 Å². The molecule has 0 spiro atoms. The minimum atomic E-state index is -0.629. The highest BCUT2D eigenvalue weighted by Gasteiger charge is 2.54. The van der Waals surface area contributed by atoms with Gasteiger partial charge in [-0.25, -0.2) is 0 Å². The fourth-order valence-electron chi connectivity index (χ4n) is 3.00. The Morgan fingerprint density at radius 2 is 2.08 bits per heavy atom. The van der Waals surface area contributed by atoms with Gasteiger partial charge in [-0.2, -0.15) is 0 Å². The Morgan fingerprint density at radius 1 is 1.38 bits per heavy atom. The van der Waals surface area contributed by atoms with Crippen molar-refractivity contribution in [2.75, 3.05) is 20.3 Å². The van der Waals surface area contributed by atoms with Crippen LogP contribution in [0.4, 0.5) is 0 Å². The van der Waals surface area contributed by atoms with E-state index >= 15 is 0 Å². The van der Waals surface area contributed by atoms with E-state index in [9.17, 15) is 4.79 Å². The van der Waals surface area contributed by atoms with Crippen LogP contribution in [0, 0.1) is 11.8 Å². The summed E-state index contributed by atoms with van der Waals surface area (Å²) in [6.07, 6.45) is -0.681. The summed E-state index contributed by atoms with van der Waals surface area (Å²) in [5.74, 6) is 5.45. The monoisotopic (exact) mass is 393 g/mol. The summed E-state index contributed by atoms with van der Waals surface area (Å²) in [7, 11) is 1.54. The third kappa shape index (κ3) is 3.50. The van der Waals surface area contributed by atoms with Gasteiger partial charge in [-0.15, -0.1) is 0 Å². The maximum Gasteiger partial charge on any atom is 0.255 e. The lowest BCUT2D eigenvalue weighted by Crippen LogP contribution is -2.70. The van der Waals surface area contributed by atoms with Crippen LogP contribution in [0.1, 0.15) is 19.4 Å². The van der Waals surface area contributed by atoms with Crippen molar-refractivity contribution >= 4 is 21.8 Å².